The summed E-state index contributed by atoms with van der Waals surface area (Å²) in [6.07, 6.45) is 6.03. The minimum atomic E-state index is -0.242. The molecular formula is C17H24N2O2. The number of likely N-dealkylation sites (tertiary alicyclic amines) is 1. The Kier molecular flexibility index (Phi) is 4.44. The number of urea groups is 1. The van der Waals surface area contributed by atoms with E-state index >= 15 is 0 Å². The van der Waals surface area contributed by atoms with Gasteiger partial charge in [-0.25, -0.2) is 4.79 Å². The summed E-state index contributed by atoms with van der Waals surface area (Å²) in [6.45, 7) is 0.798. The van der Waals surface area contributed by atoms with Crippen molar-refractivity contribution in [2.45, 2.75) is 50.7 Å². The molecule has 1 saturated carbocycles. The summed E-state index contributed by atoms with van der Waals surface area (Å²) < 4.78 is 0. The Labute approximate surface area is 126 Å². The number of carbonyl (C=O) groups excluding carboxylic acids is 1. The lowest BCUT2D eigenvalue weighted by Gasteiger charge is -2.37. The van der Waals surface area contributed by atoms with Crippen LogP contribution in [0.3, 0.4) is 0 Å². The molecule has 2 amide bonds. The van der Waals surface area contributed by atoms with Gasteiger partial charge in [0.05, 0.1) is 6.10 Å². The van der Waals surface area contributed by atoms with E-state index in [9.17, 15) is 9.90 Å². The second-order valence-electron chi connectivity index (χ2n) is 6.21. The monoisotopic (exact) mass is 288 g/mol. The third-order valence-corrected chi connectivity index (χ3v) is 4.86. The van der Waals surface area contributed by atoms with Crippen molar-refractivity contribution in [2.24, 2.45) is 5.92 Å². The van der Waals surface area contributed by atoms with Crippen molar-refractivity contribution in [1.29, 1.82) is 0 Å². The Morgan fingerprint density at radius 3 is 2.62 bits per heavy atom. The second-order valence-corrected chi connectivity index (χ2v) is 6.21. The molecule has 3 rings (SSSR count). The third-order valence-electron chi connectivity index (χ3n) is 4.86. The zero-order valence-corrected chi connectivity index (χ0v) is 12.4. The number of aliphatic hydroxyl groups excluding tert-OH is 1. The normalized spacial score (nSPS) is 29.4. The Bertz CT molecular complexity index is 477. The van der Waals surface area contributed by atoms with E-state index in [2.05, 4.69) is 5.32 Å². The number of carbonyl (C=O) groups is 1. The molecule has 1 heterocycles. The number of para-hydroxylation sites is 1. The molecule has 1 saturated heterocycles. The van der Waals surface area contributed by atoms with Crippen molar-refractivity contribution >= 4 is 11.7 Å². The van der Waals surface area contributed by atoms with Crippen LogP contribution in [0.15, 0.2) is 30.3 Å². The van der Waals surface area contributed by atoms with E-state index in [4.69, 9.17) is 0 Å². The van der Waals surface area contributed by atoms with Gasteiger partial charge in [-0.05, 0) is 37.8 Å². The number of rotatable bonds is 2. The van der Waals surface area contributed by atoms with Gasteiger partial charge in [0, 0.05) is 24.2 Å². The number of nitrogens with zero attached hydrogens (tertiary/aromatic N) is 1. The van der Waals surface area contributed by atoms with Gasteiger partial charge in [0.25, 0.3) is 0 Å². The number of benzene rings is 1. The summed E-state index contributed by atoms with van der Waals surface area (Å²) in [5, 5.41) is 13.2. The average Bonchev–Trinajstić information content (AvgIpc) is 2.98. The van der Waals surface area contributed by atoms with Gasteiger partial charge in [0.2, 0.25) is 0 Å². The fourth-order valence-corrected chi connectivity index (χ4v) is 3.80. The van der Waals surface area contributed by atoms with Crippen LogP contribution < -0.4 is 5.32 Å². The first kappa shape index (κ1) is 14.4. The molecule has 0 aromatic heterocycles. The highest BCUT2D eigenvalue weighted by Gasteiger charge is 2.38. The SMILES string of the molecule is O=C(Nc1ccccc1)N1CCCC1C1CCCCC1O. The van der Waals surface area contributed by atoms with E-state index in [0.717, 1.165) is 44.3 Å². The molecule has 4 nitrogen and oxygen atoms in total. The van der Waals surface area contributed by atoms with Gasteiger partial charge >= 0.3 is 6.03 Å². The molecule has 1 aromatic carbocycles. The molecule has 4 heteroatoms. The zero-order valence-electron chi connectivity index (χ0n) is 12.4. The lowest BCUT2D eigenvalue weighted by atomic mass is 9.80. The van der Waals surface area contributed by atoms with E-state index in [-0.39, 0.29) is 24.1 Å². The summed E-state index contributed by atoms with van der Waals surface area (Å²) >= 11 is 0. The molecule has 1 aliphatic heterocycles. The molecule has 21 heavy (non-hydrogen) atoms. The Morgan fingerprint density at radius 1 is 1.10 bits per heavy atom. The Hall–Kier alpha value is -1.55. The Morgan fingerprint density at radius 2 is 1.86 bits per heavy atom. The maximum Gasteiger partial charge on any atom is 0.322 e. The van der Waals surface area contributed by atoms with Crippen LogP contribution in [0.1, 0.15) is 38.5 Å². The van der Waals surface area contributed by atoms with Crippen LogP contribution in [0.2, 0.25) is 0 Å². The zero-order chi connectivity index (χ0) is 14.7. The van der Waals surface area contributed by atoms with E-state index in [1.54, 1.807) is 0 Å². The molecule has 3 unspecified atom stereocenters. The van der Waals surface area contributed by atoms with Crippen LogP contribution in [0.5, 0.6) is 0 Å². The molecule has 1 aliphatic carbocycles. The van der Waals surface area contributed by atoms with Gasteiger partial charge in [-0.2, -0.15) is 0 Å². The fourth-order valence-electron chi connectivity index (χ4n) is 3.80. The quantitative estimate of drug-likeness (QED) is 0.878. The average molecular weight is 288 g/mol. The van der Waals surface area contributed by atoms with E-state index in [1.807, 2.05) is 35.2 Å². The summed E-state index contributed by atoms with van der Waals surface area (Å²) in [4.78, 5) is 14.4. The molecule has 0 bridgehead atoms. The first-order valence-corrected chi connectivity index (χ1v) is 8.06. The standard InChI is InChI=1S/C17H24N2O2/c20-16-11-5-4-9-14(16)15-10-6-12-19(15)17(21)18-13-7-2-1-3-8-13/h1-3,7-8,14-16,20H,4-6,9-12H2,(H,18,21). The largest absolute Gasteiger partial charge is 0.393 e. The van der Waals surface area contributed by atoms with Crippen LogP contribution >= 0.6 is 0 Å². The summed E-state index contributed by atoms with van der Waals surface area (Å²) in [6, 6.07) is 9.75. The maximum absolute atomic E-state index is 12.5. The molecule has 1 aromatic rings. The van der Waals surface area contributed by atoms with Crippen LogP contribution in [0.25, 0.3) is 0 Å². The molecule has 114 valence electrons. The van der Waals surface area contributed by atoms with Crippen LogP contribution in [-0.4, -0.2) is 34.7 Å². The molecule has 2 N–H and O–H groups in total. The van der Waals surface area contributed by atoms with Gasteiger partial charge in [0.15, 0.2) is 0 Å². The number of nitrogens with one attached hydrogen (secondary N) is 1. The lowest BCUT2D eigenvalue weighted by Crippen LogP contribution is -2.46. The van der Waals surface area contributed by atoms with Gasteiger partial charge in [-0.1, -0.05) is 31.0 Å². The maximum atomic E-state index is 12.5. The summed E-state index contributed by atoms with van der Waals surface area (Å²) in [7, 11) is 0. The highest BCUT2D eigenvalue weighted by Crippen LogP contribution is 2.34. The van der Waals surface area contributed by atoms with Gasteiger partial charge in [0.1, 0.15) is 0 Å². The molecule has 2 aliphatic rings. The van der Waals surface area contributed by atoms with Crippen molar-refractivity contribution in [3.05, 3.63) is 30.3 Å². The minimum Gasteiger partial charge on any atom is -0.393 e. The highest BCUT2D eigenvalue weighted by molar-refractivity contribution is 5.89. The first-order chi connectivity index (χ1) is 10.3. The fraction of sp³-hybridized carbons (Fsp3) is 0.588. The smallest absolute Gasteiger partial charge is 0.322 e. The van der Waals surface area contributed by atoms with Gasteiger partial charge in [-0.15, -0.1) is 0 Å². The van der Waals surface area contributed by atoms with Crippen molar-refractivity contribution < 1.29 is 9.90 Å². The number of anilines is 1. The molecular weight excluding hydrogens is 264 g/mol. The number of amides is 2. The topological polar surface area (TPSA) is 52.6 Å². The van der Waals surface area contributed by atoms with Crippen molar-refractivity contribution in [1.82, 2.24) is 4.90 Å². The molecule has 0 spiro atoms. The molecule has 3 atom stereocenters. The van der Waals surface area contributed by atoms with Gasteiger partial charge in [-0.3, -0.25) is 0 Å². The summed E-state index contributed by atoms with van der Waals surface area (Å²) in [5.41, 5.74) is 0.831. The number of hydrogen-bond donors (Lipinski definition) is 2. The second kappa shape index (κ2) is 6.48. The third kappa shape index (κ3) is 3.21. The lowest BCUT2D eigenvalue weighted by molar-refractivity contribution is 0.0320. The highest BCUT2D eigenvalue weighted by atomic mass is 16.3. The predicted octanol–water partition coefficient (Wildman–Crippen LogP) is 3.23. The molecule has 2 fully saturated rings. The predicted molar refractivity (Wildman–Crippen MR) is 83.2 cm³/mol. The summed E-state index contributed by atoms with van der Waals surface area (Å²) in [5.74, 6) is 0.253. The van der Waals surface area contributed by atoms with E-state index < -0.39 is 0 Å². The van der Waals surface area contributed by atoms with E-state index in [1.165, 1.54) is 6.42 Å². The van der Waals surface area contributed by atoms with Crippen LogP contribution in [0.4, 0.5) is 10.5 Å². The van der Waals surface area contributed by atoms with Crippen LogP contribution in [0, 0.1) is 5.92 Å². The Balaban J connectivity index is 1.67. The molecule has 0 radical (unpaired) electrons. The minimum absolute atomic E-state index is 0.0264. The van der Waals surface area contributed by atoms with Crippen molar-refractivity contribution in [3.8, 4) is 0 Å². The van der Waals surface area contributed by atoms with E-state index in [0.29, 0.717) is 0 Å². The first-order valence-electron chi connectivity index (χ1n) is 8.06. The van der Waals surface area contributed by atoms with Crippen molar-refractivity contribution in [2.75, 3.05) is 11.9 Å². The number of hydrogen-bond acceptors (Lipinski definition) is 2. The van der Waals surface area contributed by atoms with Crippen molar-refractivity contribution in [3.63, 3.8) is 0 Å². The van der Waals surface area contributed by atoms with Crippen LogP contribution in [-0.2, 0) is 0 Å². The van der Waals surface area contributed by atoms with Gasteiger partial charge < -0.3 is 15.3 Å². The number of aliphatic hydroxyl groups is 1.